The Balaban J connectivity index is 1.45. The Morgan fingerprint density at radius 3 is 0.871 bits per heavy atom. The number of hydrogen-bond acceptors (Lipinski definition) is 4. The van der Waals surface area contributed by atoms with Gasteiger partial charge in [-0.1, -0.05) is 275 Å². The predicted molar refractivity (Wildman–Crippen MR) is 411 cm³/mol. The van der Waals surface area contributed by atoms with Gasteiger partial charge in [0.15, 0.2) is 9.54 Å². The van der Waals surface area contributed by atoms with Crippen molar-refractivity contribution in [3.8, 4) is 28.4 Å². The van der Waals surface area contributed by atoms with Crippen molar-refractivity contribution in [1.82, 2.24) is 22.8 Å². The van der Waals surface area contributed by atoms with Crippen LogP contribution in [0.5, 0.6) is 0 Å². The first-order valence-corrected chi connectivity index (χ1v) is 43.2. The molecule has 492 valence electrons. The largest absolute Gasteiger partial charge is 0.325 e. The van der Waals surface area contributed by atoms with Crippen LogP contribution in [0.25, 0.3) is 28.4 Å². The Hall–Kier alpha value is -5.48. The minimum absolute atomic E-state index is 0.231. The molecule has 1 aliphatic rings. The molecular formula is C81H106N6S4Si2. The number of fused-ring (bicyclic) bond motifs is 1. The van der Waals surface area contributed by atoms with Crippen molar-refractivity contribution in [1.29, 1.82) is 0 Å². The fraction of sp³-hybridized carbons (Fsp3) is 0.444. The number of hydrogen-bond donors (Lipinski definition) is 0. The monoisotopic (exact) mass is 1350 g/mol. The first-order valence-electron chi connectivity index (χ1n) is 34.8. The van der Waals surface area contributed by atoms with E-state index in [2.05, 4.69) is 350 Å². The number of aromatic nitrogens is 6. The smallest absolute Gasteiger partial charge is 0.231 e. The lowest BCUT2D eigenvalue weighted by molar-refractivity contribution is -0.523. The highest BCUT2D eigenvalue weighted by molar-refractivity contribution is 8.49. The summed E-state index contributed by atoms with van der Waals surface area (Å²) in [6.45, 7) is 53.6. The van der Waals surface area contributed by atoms with Gasteiger partial charge in [0.05, 0.1) is 38.2 Å². The van der Waals surface area contributed by atoms with Gasteiger partial charge in [0, 0.05) is 23.5 Å². The second-order valence-electron chi connectivity index (χ2n) is 30.0. The first kappa shape index (κ1) is 70.3. The topological polar surface area (TPSA) is 28.5 Å². The maximum atomic E-state index is 7.27. The SMILES string of the molecule is CC(C)c1cccc(C(C)C)c1-n1cc[n+]2c1[Si-](Sc1cn(-c3c(C(C)C)cccc3C(C)C)c(=S)n1-c1c(C(C)C)cccc1C(C)C)[Si@]2(Sc1cn(-c2c(C(C)C)cccc2C(C)C)c(=S)n1-c1c(C(C)C)cccc1C(C)C)c1c(C(C)C)cccc1C(C)C. The molecule has 0 fully saturated rings. The lowest BCUT2D eigenvalue weighted by atomic mass is 9.92. The van der Waals surface area contributed by atoms with Gasteiger partial charge in [-0.2, -0.15) is 0 Å². The van der Waals surface area contributed by atoms with E-state index in [1.807, 2.05) is 0 Å². The van der Waals surface area contributed by atoms with Gasteiger partial charge in [-0.05, 0) is 164 Å². The van der Waals surface area contributed by atoms with Crippen molar-refractivity contribution in [2.24, 2.45) is 0 Å². The van der Waals surface area contributed by atoms with Crippen molar-refractivity contribution >= 4 is 71.9 Å². The third-order valence-corrected chi connectivity index (χ3v) is 41.7. The van der Waals surface area contributed by atoms with E-state index in [-0.39, 0.29) is 71.0 Å². The summed E-state index contributed by atoms with van der Waals surface area (Å²) >= 11 is 18.9. The molecule has 0 spiro atoms. The van der Waals surface area contributed by atoms with Crippen molar-refractivity contribution in [2.45, 2.75) is 247 Å². The van der Waals surface area contributed by atoms with Gasteiger partial charge >= 0.3 is 0 Å². The van der Waals surface area contributed by atoms with E-state index in [4.69, 9.17) is 24.4 Å². The number of imidazole rings is 3. The molecule has 1 aliphatic heterocycles. The van der Waals surface area contributed by atoms with E-state index in [0.717, 1.165) is 9.54 Å². The van der Waals surface area contributed by atoms with Crippen LogP contribution < -0.4 is 14.9 Å². The van der Waals surface area contributed by atoms with E-state index in [9.17, 15) is 0 Å². The molecule has 0 unspecified atom stereocenters. The standard InChI is InChI=1S/C81H106N6S4Si2/c1-47(2)59-31-25-32-60(48(3)4)73(59)82-43-44-85-81(82)92(90-71-45-83(74-61(49(5)6)33-26-34-62(74)50(7)8)79(88)86(71)76-65(53(13)14)37-28-38-66(76)54(15)16)93(85,78-69(57(21)22)41-30-42-70(78)58(23)24)91-72-46-84(75-63(51(9)10)35-27-36-64(75)52(11)12)80(89)87(72)77-67(55(17)18)39-29-40-68(77)56(19)20/h25-58H,1-24H3/t93-/m1/s1. The van der Waals surface area contributed by atoms with Crippen LogP contribution in [0.15, 0.2) is 144 Å². The highest BCUT2D eigenvalue weighted by Gasteiger charge is 2.58. The molecule has 0 radical (unpaired) electrons. The van der Waals surface area contributed by atoms with E-state index in [1.165, 1.54) is 111 Å². The molecule has 6 aromatic carbocycles. The van der Waals surface area contributed by atoms with E-state index < -0.39 is 14.4 Å². The van der Waals surface area contributed by atoms with Gasteiger partial charge < -0.3 is 4.23 Å². The van der Waals surface area contributed by atoms with Crippen LogP contribution in [0.1, 0.15) is 304 Å². The summed E-state index contributed by atoms with van der Waals surface area (Å²) < 4.78 is 17.3. The summed E-state index contributed by atoms with van der Waals surface area (Å²) in [6, 6.07) is 42.4. The average molecular weight is 1350 g/mol. The maximum absolute atomic E-state index is 7.27. The van der Waals surface area contributed by atoms with Crippen molar-refractivity contribution < 1.29 is 4.23 Å². The quantitative estimate of drug-likeness (QED) is 0.0499. The summed E-state index contributed by atoms with van der Waals surface area (Å²) in [5.41, 5.74) is 23.7. The molecule has 93 heavy (non-hydrogen) atoms. The Labute approximate surface area is 580 Å². The zero-order valence-electron chi connectivity index (χ0n) is 60.4. The molecule has 4 heterocycles. The van der Waals surface area contributed by atoms with Crippen LogP contribution in [0.4, 0.5) is 0 Å². The van der Waals surface area contributed by atoms with Gasteiger partial charge in [-0.25, -0.2) is 4.57 Å². The molecule has 0 bridgehead atoms. The summed E-state index contributed by atoms with van der Waals surface area (Å²) in [4.78, 5) is 0. The second kappa shape index (κ2) is 27.9. The number of para-hydroxylation sites is 5. The molecule has 9 aromatic rings. The predicted octanol–water partition coefficient (Wildman–Crippen LogP) is 22.9. The summed E-state index contributed by atoms with van der Waals surface area (Å²) in [5.74, 6) is 3.04. The molecule has 3 aromatic heterocycles. The lowest BCUT2D eigenvalue weighted by Crippen LogP contribution is -2.96. The molecule has 12 heteroatoms. The summed E-state index contributed by atoms with van der Waals surface area (Å²) in [6.07, 6.45) is 10.0. The maximum Gasteiger partial charge on any atom is 0.231 e. The zero-order chi connectivity index (χ0) is 67.7. The van der Waals surface area contributed by atoms with Crippen LogP contribution >= 0.6 is 46.9 Å². The number of rotatable bonds is 22. The van der Waals surface area contributed by atoms with Gasteiger partial charge in [0.1, 0.15) is 18.1 Å². The van der Waals surface area contributed by atoms with Crippen LogP contribution in [-0.2, 0) is 0 Å². The van der Waals surface area contributed by atoms with E-state index >= 15 is 0 Å². The number of benzene rings is 6. The molecule has 0 N–H and O–H groups in total. The van der Waals surface area contributed by atoms with Gasteiger partial charge in [0.25, 0.3) is 0 Å². The molecule has 1 atom stereocenters. The van der Waals surface area contributed by atoms with E-state index in [0.29, 0.717) is 0 Å². The third-order valence-electron chi connectivity index (χ3n) is 19.4. The summed E-state index contributed by atoms with van der Waals surface area (Å²) in [7, 11) is -1.92. The van der Waals surface area contributed by atoms with Gasteiger partial charge in [0.2, 0.25) is 6.90 Å². The van der Waals surface area contributed by atoms with Gasteiger partial charge in [-0.3, -0.25) is 29.5 Å². The highest BCUT2D eigenvalue weighted by atomic mass is 32.4. The van der Waals surface area contributed by atoms with Crippen molar-refractivity contribution in [3.63, 3.8) is 0 Å². The number of nitrogens with zero attached hydrogens (tertiary/aromatic N) is 6. The van der Waals surface area contributed by atoms with E-state index in [1.54, 1.807) is 5.19 Å². The Morgan fingerprint density at radius 2 is 0.581 bits per heavy atom. The molecule has 0 saturated heterocycles. The van der Waals surface area contributed by atoms with Crippen LogP contribution in [-0.4, -0.2) is 37.2 Å². The molecule has 0 amide bonds. The Morgan fingerprint density at radius 1 is 0.333 bits per heavy atom. The highest BCUT2D eigenvalue weighted by Crippen LogP contribution is 2.48. The van der Waals surface area contributed by atoms with Gasteiger partial charge in [-0.15, -0.1) is 11.2 Å². The molecule has 10 rings (SSSR count). The van der Waals surface area contributed by atoms with Crippen LogP contribution in [0.3, 0.4) is 0 Å². The van der Waals surface area contributed by atoms with Crippen LogP contribution in [0.2, 0.25) is 0 Å². The third kappa shape index (κ3) is 12.5. The lowest BCUT2D eigenvalue weighted by Gasteiger charge is -2.54. The average Bonchev–Trinajstić information content (AvgIpc) is 1.63. The molecule has 0 saturated carbocycles. The molecule has 6 nitrogen and oxygen atoms in total. The fourth-order valence-electron chi connectivity index (χ4n) is 14.6. The Bertz CT molecular complexity index is 4190. The molecular weight excluding hydrogens is 1240 g/mol. The minimum atomic E-state index is -3.34. The Kier molecular flexibility index (Phi) is 21.1. The first-order chi connectivity index (χ1) is 44.0. The second-order valence-corrected chi connectivity index (χ2v) is 45.5. The van der Waals surface area contributed by atoms with Crippen LogP contribution in [0, 0.1) is 9.54 Å². The summed E-state index contributed by atoms with van der Waals surface area (Å²) in [5, 5.41) is 3.94. The zero-order valence-corrected chi connectivity index (χ0v) is 65.7. The molecule has 0 aliphatic carbocycles. The minimum Gasteiger partial charge on any atom is -0.325 e. The normalized spacial score (nSPS) is 14.5. The van der Waals surface area contributed by atoms with Crippen molar-refractivity contribution in [3.05, 3.63) is 210 Å². The fourth-order valence-corrected chi connectivity index (χ4v) is 40.6. The van der Waals surface area contributed by atoms with Crippen molar-refractivity contribution in [2.75, 3.05) is 0 Å².